The number of rotatable bonds is 5. The smallest absolute Gasteiger partial charge is 0.232 e. The molecular weight excluding hydrogens is 338 g/mol. The second-order valence-electron chi connectivity index (χ2n) is 5.42. The second-order valence-corrected chi connectivity index (χ2v) is 7.39. The quantitative estimate of drug-likeness (QED) is 0.821. The number of thioether (sulfide) groups is 1. The Kier molecular flexibility index (Phi) is 5.52. The zero-order chi connectivity index (χ0) is 14.6. The van der Waals surface area contributed by atoms with Crippen molar-refractivity contribution in [2.24, 2.45) is 0 Å². The summed E-state index contributed by atoms with van der Waals surface area (Å²) in [5, 5.41) is 10.3. The van der Waals surface area contributed by atoms with Crippen molar-refractivity contribution in [3.05, 3.63) is 28.7 Å². The van der Waals surface area contributed by atoms with Gasteiger partial charge in [-0.3, -0.25) is 4.79 Å². The zero-order valence-electron chi connectivity index (χ0n) is 11.6. The first-order chi connectivity index (χ1) is 9.48. The average molecular weight is 358 g/mol. The van der Waals surface area contributed by atoms with Crippen molar-refractivity contribution in [1.29, 1.82) is 0 Å². The Morgan fingerprint density at radius 1 is 1.35 bits per heavy atom. The molecule has 1 N–H and O–H groups in total. The average Bonchev–Trinajstić information content (AvgIpc) is 2.84. The maximum Gasteiger partial charge on any atom is 0.232 e. The van der Waals surface area contributed by atoms with Gasteiger partial charge in [0, 0.05) is 23.0 Å². The topological polar surface area (TPSA) is 40.5 Å². The van der Waals surface area contributed by atoms with Crippen LogP contribution in [-0.4, -0.2) is 40.9 Å². The van der Waals surface area contributed by atoms with E-state index in [1.165, 1.54) is 11.8 Å². The van der Waals surface area contributed by atoms with E-state index in [9.17, 15) is 9.90 Å². The fourth-order valence-electron chi connectivity index (χ4n) is 2.51. The van der Waals surface area contributed by atoms with E-state index >= 15 is 0 Å². The molecule has 1 saturated carbocycles. The lowest BCUT2D eigenvalue weighted by Crippen LogP contribution is -2.42. The van der Waals surface area contributed by atoms with E-state index in [0.717, 1.165) is 35.1 Å². The highest BCUT2D eigenvalue weighted by Crippen LogP contribution is 2.30. The third kappa shape index (κ3) is 4.50. The number of hydrogen-bond acceptors (Lipinski definition) is 3. The van der Waals surface area contributed by atoms with Crippen molar-refractivity contribution in [3.63, 3.8) is 0 Å². The standard InChI is InChI=1S/C15H20BrNO2S/c1-17(11-15(19)8-2-3-9-15)14(18)10-20-13-6-4-12(16)5-7-13/h4-7,19H,2-3,8-11H2,1H3. The molecule has 0 radical (unpaired) electrons. The number of amides is 1. The first kappa shape index (κ1) is 15.9. The van der Waals surface area contributed by atoms with Gasteiger partial charge in [-0.05, 0) is 37.1 Å². The van der Waals surface area contributed by atoms with Crippen LogP contribution in [0.4, 0.5) is 0 Å². The number of carbonyl (C=O) groups excluding carboxylic acids is 1. The Labute approximate surface area is 132 Å². The number of likely N-dealkylation sites (N-methyl/N-ethyl adjacent to an activating group) is 1. The molecule has 0 saturated heterocycles. The minimum absolute atomic E-state index is 0.0678. The Morgan fingerprint density at radius 2 is 1.95 bits per heavy atom. The van der Waals surface area contributed by atoms with Gasteiger partial charge < -0.3 is 10.0 Å². The van der Waals surface area contributed by atoms with E-state index in [1.807, 2.05) is 24.3 Å². The Balaban J connectivity index is 1.80. The molecule has 1 aliphatic rings. The van der Waals surface area contributed by atoms with Crippen LogP contribution in [0.25, 0.3) is 0 Å². The van der Waals surface area contributed by atoms with Crippen molar-refractivity contribution in [1.82, 2.24) is 4.90 Å². The van der Waals surface area contributed by atoms with Crippen LogP contribution in [0.15, 0.2) is 33.6 Å². The van der Waals surface area contributed by atoms with Crippen molar-refractivity contribution < 1.29 is 9.90 Å². The third-order valence-corrected chi connectivity index (χ3v) is 5.19. The molecule has 0 aliphatic heterocycles. The van der Waals surface area contributed by atoms with Gasteiger partial charge >= 0.3 is 0 Å². The van der Waals surface area contributed by atoms with E-state index in [0.29, 0.717) is 12.3 Å². The molecular formula is C15H20BrNO2S. The van der Waals surface area contributed by atoms with E-state index in [2.05, 4.69) is 15.9 Å². The molecule has 0 spiro atoms. The molecule has 2 rings (SSSR count). The maximum atomic E-state index is 12.1. The number of carbonyl (C=O) groups is 1. The van der Waals surface area contributed by atoms with Crippen LogP contribution in [0, 0.1) is 0 Å². The molecule has 1 aromatic rings. The summed E-state index contributed by atoms with van der Waals surface area (Å²) in [4.78, 5) is 14.8. The van der Waals surface area contributed by atoms with Gasteiger partial charge in [-0.25, -0.2) is 0 Å². The molecule has 0 heterocycles. The van der Waals surface area contributed by atoms with Gasteiger partial charge in [0.2, 0.25) is 5.91 Å². The van der Waals surface area contributed by atoms with Gasteiger partial charge in [0.05, 0.1) is 11.4 Å². The molecule has 1 aromatic carbocycles. The number of halogens is 1. The summed E-state index contributed by atoms with van der Waals surface area (Å²) in [6, 6.07) is 7.93. The number of aliphatic hydroxyl groups is 1. The molecule has 3 nitrogen and oxygen atoms in total. The van der Waals surface area contributed by atoms with E-state index < -0.39 is 5.60 Å². The highest BCUT2D eigenvalue weighted by atomic mass is 79.9. The largest absolute Gasteiger partial charge is 0.388 e. The minimum atomic E-state index is -0.660. The minimum Gasteiger partial charge on any atom is -0.388 e. The molecule has 1 aliphatic carbocycles. The maximum absolute atomic E-state index is 12.1. The van der Waals surface area contributed by atoms with E-state index in [1.54, 1.807) is 11.9 Å². The van der Waals surface area contributed by atoms with Crippen molar-refractivity contribution in [3.8, 4) is 0 Å². The summed E-state index contributed by atoms with van der Waals surface area (Å²) < 4.78 is 1.04. The fraction of sp³-hybridized carbons (Fsp3) is 0.533. The van der Waals surface area contributed by atoms with Crippen molar-refractivity contribution >= 4 is 33.6 Å². The van der Waals surface area contributed by atoms with Crippen LogP contribution >= 0.6 is 27.7 Å². The summed E-state index contributed by atoms with van der Waals surface area (Å²) in [6.45, 7) is 0.451. The molecule has 5 heteroatoms. The summed E-state index contributed by atoms with van der Waals surface area (Å²) in [5.74, 6) is 0.479. The van der Waals surface area contributed by atoms with Gasteiger partial charge in [0.15, 0.2) is 0 Å². The van der Waals surface area contributed by atoms with E-state index in [4.69, 9.17) is 0 Å². The molecule has 1 fully saturated rings. The molecule has 0 atom stereocenters. The van der Waals surface area contributed by atoms with Gasteiger partial charge in [0.1, 0.15) is 0 Å². The highest BCUT2D eigenvalue weighted by molar-refractivity contribution is 9.10. The Bertz CT molecular complexity index is 457. The lowest BCUT2D eigenvalue weighted by atomic mass is 10.0. The Morgan fingerprint density at radius 3 is 2.55 bits per heavy atom. The first-order valence-electron chi connectivity index (χ1n) is 6.83. The number of nitrogens with zero attached hydrogens (tertiary/aromatic N) is 1. The van der Waals surface area contributed by atoms with Crippen LogP contribution in [-0.2, 0) is 4.79 Å². The molecule has 0 aromatic heterocycles. The molecule has 1 amide bonds. The molecule has 0 bridgehead atoms. The van der Waals surface area contributed by atoms with E-state index in [-0.39, 0.29) is 5.91 Å². The number of hydrogen-bond donors (Lipinski definition) is 1. The van der Waals surface area contributed by atoms with Crippen LogP contribution < -0.4 is 0 Å². The van der Waals surface area contributed by atoms with Gasteiger partial charge in [-0.2, -0.15) is 0 Å². The van der Waals surface area contributed by atoms with Gasteiger partial charge in [-0.1, -0.05) is 28.8 Å². The summed E-state index contributed by atoms with van der Waals surface area (Å²) in [5.41, 5.74) is -0.660. The lowest BCUT2D eigenvalue weighted by molar-refractivity contribution is -0.130. The molecule has 110 valence electrons. The van der Waals surface area contributed by atoms with Crippen LogP contribution in [0.1, 0.15) is 25.7 Å². The molecule has 20 heavy (non-hydrogen) atoms. The third-order valence-electron chi connectivity index (χ3n) is 3.67. The zero-order valence-corrected chi connectivity index (χ0v) is 14.0. The van der Waals surface area contributed by atoms with Crippen LogP contribution in [0.2, 0.25) is 0 Å². The van der Waals surface area contributed by atoms with Crippen LogP contribution in [0.5, 0.6) is 0 Å². The lowest BCUT2D eigenvalue weighted by Gasteiger charge is -2.28. The summed E-state index contributed by atoms with van der Waals surface area (Å²) in [6.07, 6.45) is 3.74. The predicted octanol–water partition coefficient (Wildman–Crippen LogP) is 3.30. The van der Waals surface area contributed by atoms with Gasteiger partial charge in [-0.15, -0.1) is 11.8 Å². The SMILES string of the molecule is CN(CC1(O)CCCC1)C(=O)CSc1ccc(Br)cc1. The number of benzene rings is 1. The summed E-state index contributed by atoms with van der Waals surface area (Å²) in [7, 11) is 1.78. The second kappa shape index (κ2) is 6.96. The molecule has 0 unspecified atom stereocenters. The Hall–Kier alpha value is -0.520. The van der Waals surface area contributed by atoms with Crippen molar-refractivity contribution in [2.45, 2.75) is 36.2 Å². The normalized spacial score (nSPS) is 17.1. The highest BCUT2D eigenvalue weighted by Gasteiger charge is 2.33. The predicted molar refractivity (Wildman–Crippen MR) is 85.9 cm³/mol. The monoisotopic (exact) mass is 357 g/mol. The van der Waals surface area contributed by atoms with Crippen LogP contribution in [0.3, 0.4) is 0 Å². The fourth-order valence-corrected chi connectivity index (χ4v) is 3.61. The van der Waals surface area contributed by atoms with Crippen molar-refractivity contribution in [2.75, 3.05) is 19.3 Å². The summed E-state index contributed by atoms with van der Waals surface area (Å²) >= 11 is 4.92. The first-order valence-corrected chi connectivity index (χ1v) is 8.61. The van der Waals surface area contributed by atoms with Gasteiger partial charge in [0.25, 0.3) is 0 Å².